The van der Waals surface area contributed by atoms with Gasteiger partial charge in [0.2, 0.25) is 11.8 Å². The Balaban J connectivity index is 1.87. The van der Waals surface area contributed by atoms with E-state index < -0.39 is 11.9 Å². The van der Waals surface area contributed by atoms with E-state index in [1.54, 1.807) is 6.92 Å². The average molecular weight is 309 g/mol. The highest BCUT2D eigenvalue weighted by Gasteiger charge is 2.29. The van der Waals surface area contributed by atoms with Crippen LogP contribution in [0.15, 0.2) is 4.52 Å². The monoisotopic (exact) mass is 309 g/mol. The second-order valence-electron chi connectivity index (χ2n) is 5.85. The van der Waals surface area contributed by atoms with E-state index in [1.807, 2.05) is 0 Å². The zero-order valence-corrected chi connectivity index (χ0v) is 12.9. The first-order chi connectivity index (χ1) is 10.6. The van der Waals surface area contributed by atoms with Gasteiger partial charge in [-0.2, -0.15) is 4.98 Å². The summed E-state index contributed by atoms with van der Waals surface area (Å²) in [6.45, 7) is 1.72. The van der Waals surface area contributed by atoms with Gasteiger partial charge in [0, 0.05) is 18.9 Å². The van der Waals surface area contributed by atoms with E-state index in [2.05, 4.69) is 15.5 Å². The Labute approximate surface area is 129 Å². The topological polar surface area (TPSA) is 105 Å². The molecular formula is C15H23N3O4. The van der Waals surface area contributed by atoms with Crippen LogP contribution in [0, 0.1) is 12.8 Å². The standard InChI is InChI=1S/C15H23N3O4/c1-10-16-14(22-18-10)9-8-13(19)17-12-7-5-3-2-4-6-11(12)15(20)21/h11-12H,2-9H2,1H3,(H,17,19)(H,20,21). The van der Waals surface area contributed by atoms with Gasteiger partial charge in [-0.1, -0.05) is 30.8 Å². The minimum Gasteiger partial charge on any atom is -0.481 e. The molecule has 1 amide bonds. The first kappa shape index (κ1) is 16.5. The fourth-order valence-corrected chi connectivity index (χ4v) is 2.89. The minimum absolute atomic E-state index is 0.160. The van der Waals surface area contributed by atoms with Gasteiger partial charge in [-0.05, 0) is 19.8 Å². The van der Waals surface area contributed by atoms with Crippen LogP contribution in [-0.2, 0) is 16.0 Å². The van der Waals surface area contributed by atoms with Crippen molar-refractivity contribution in [1.29, 1.82) is 0 Å². The first-order valence-corrected chi connectivity index (χ1v) is 7.87. The number of hydrogen-bond acceptors (Lipinski definition) is 5. The number of carbonyl (C=O) groups excluding carboxylic acids is 1. The van der Waals surface area contributed by atoms with Crippen molar-refractivity contribution in [3.8, 4) is 0 Å². The van der Waals surface area contributed by atoms with Crippen LogP contribution in [0.2, 0.25) is 0 Å². The Bertz CT molecular complexity index is 515. The fraction of sp³-hybridized carbons (Fsp3) is 0.733. The van der Waals surface area contributed by atoms with Crippen molar-refractivity contribution in [2.75, 3.05) is 0 Å². The van der Waals surface area contributed by atoms with Gasteiger partial charge in [0.25, 0.3) is 0 Å². The molecular weight excluding hydrogens is 286 g/mol. The van der Waals surface area contributed by atoms with Gasteiger partial charge in [0.1, 0.15) is 0 Å². The molecule has 0 radical (unpaired) electrons. The molecule has 1 saturated carbocycles. The van der Waals surface area contributed by atoms with Crippen LogP contribution in [0.1, 0.15) is 56.7 Å². The molecule has 0 saturated heterocycles. The number of carbonyl (C=O) groups is 2. The Kier molecular flexibility index (Phi) is 5.91. The van der Waals surface area contributed by atoms with Crippen molar-refractivity contribution >= 4 is 11.9 Å². The zero-order chi connectivity index (χ0) is 15.9. The summed E-state index contributed by atoms with van der Waals surface area (Å²) in [5.41, 5.74) is 0. The van der Waals surface area contributed by atoms with Crippen LogP contribution in [0.5, 0.6) is 0 Å². The molecule has 2 atom stereocenters. The Morgan fingerprint density at radius 2 is 2.00 bits per heavy atom. The lowest BCUT2D eigenvalue weighted by molar-refractivity contribution is -0.143. The molecule has 0 spiro atoms. The molecule has 2 N–H and O–H groups in total. The quantitative estimate of drug-likeness (QED) is 0.860. The van der Waals surface area contributed by atoms with Gasteiger partial charge in [-0.25, -0.2) is 0 Å². The third-order valence-electron chi connectivity index (χ3n) is 4.07. The molecule has 1 aromatic heterocycles. The molecule has 1 aliphatic rings. The number of nitrogens with zero attached hydrogens (tertiary/aromatic N) is 2. The Morgan fingerprint density at radius 3 is 2.64 bits per heavy atom. The van der Waals surface area contributed by atoms with Crippen LogP contribution in [0.3, 0.4) is 0 Å². The second kappa shape index (κ2) is 7.91. The molecule has 1 aliphatic carbocycles. The molecule has 1 aromatic rings. The van der Waals surface area contributed by atoms with Gasteiger partial charge in [0.15, 0.2) is 5.82 Å². The van der Waals surface area contributed by atoms with Gasteiger partial charge < -0.3 is 14.9 Å². The molecule has 0 aliphatic heterocycles. The van der Waals surface area contributed by atoms with Gasteiger partial charge in [0.05, 0.1) is 5.92 Å². The highest BCUT2D eigenvalue weighted by atomic mass is 16.5. The second-order valence-corrected chi connectivity index (χ2v) is 5.85. The molecule has 1 fully saturated rings. The number of aliphatic carboxylic acids is 1. The number of carboxylic acid groups (broad SMARTS) is 1. The van der Waals surface area contributed by atoms with Gasteiger partial charge in [-0.3, -0.25) is 9.59 Å². The summed E-state index contributed by atoms with van der Waals surface area (Å²) < 4.78 is 4.97. The third kappa shape index (κ3) is 4.82. The summed E-state index contributed by atoms with van der Waals surface area (Å²) in [5, 5.41) is 15.9. The summed E-state index contributed by atoms with van der Waals surface area (Å²) in [7, 11) is 0. The number of carboxylic acids is 1. The van der Waals surface area contributed by atoms with Crippen molar-refractivity contribution in [3.63, 3.8) is 0 Å². The lowest BCUT2D eigenvalue weighted by Crippen LogP contribution is -2.44. The van der Waals surface area contributed by atoms with Crippen molar-refractivity contribution in [2.24, 2.45) is 5.92 Å². The maximum Gasteiger partial charge on any atom is 0.308 e. The maximum atomic E-state index is 12.1. The van der Waals surface area contributed by atoms with Crippen molar-refractivity contribution in [3.05, 3.63) is 11.7 Å². The lowest BCUT2D eigenvalue weighted by Gasteiger charge is -2.27. The minimum atomic E-state index is -0.820. The maximum absolute atomic E-state index is 12.1. The summed E-state index contributed by atoms with van der Waals surface area (Å²) in [4.78, 5) is 27.5. The third-order valence-corrected chi connectivity index (χ3v) is 4.07. The smallest absolute Gasteiger partial charge is 0.308 e. The molecule has 7 nitrogen and oxygen atoms in total. The highest BCUT2D eigenvalue weighted by molar-refractivity contribution is 5.78. The van der Waals surface area contributed by atoms with Gasteiger partial charge >= 0.3 is 5.97 Å². The molecule has 1 heterocycles. The number of amides is 1. The Hall–Kier alpha value is -1.92. The number of rotatable bonds is 5. The Morgan fingerprint density at radius 1 is 1.27 bits per heavy atom. The molecule has 2 rings (SSSR count). The highest BCUT2D eigenvalue weighted by Crippen LogP contribution is 2.23. The molecule has 7 heteroatoms. The lowest BCUT2D eigenvalue weighted by atomic mass is 9.86. The zero-order valence-electron chi connectivity index (χ0n) is 12.9. The number of aromatic nitrogens is 2. The van der Waals surface area contributed by atoms with Crippen LogP contribution in [0.25, 0.3) is 0 Å². The van der Waals surface area contributed by atoms with Crippen molar-refractivity contribution in [1.82, 2.24) is 15.5 Å². The van der Waals surface area contributed by atoms with Crippen LogP contribution >= 0.6 is 0 Å². The summed E-state index contributed by atoms with van der Waals surface area (Å²) in [6, 6.07) is -0.283. The SMILES string of the molecule is Cc1noc(CCC(=O)NC2CCCCCCC2C(=O)O)n1. The van der Waals surface area contributed by atoms with E-state index in [0.29, 0.717) is 24.6 Å². The van der Waals surface area contributed by atoms with Crippen LogP contribution in [-0.4, -0.2) is 33.2 Å². The molecule has 0 aromatic carbocycles. The van der Waals surface area contributed by atoms with E-state index >= 15 is 0 Å². The number of aryl methyl sites for hydroxylation is 2. The van der Waals surface area contributed by atoms with E-state index in [-0.39, 0.29) is 18.4 Å². The first-order valence-electron chi connectivity index (χ1n) is 7.87. The van der Waals surface area contributed by atoms with Gasteiger partial charge in [-0.15, -0.1) is 0 Å². The number of hydrogen-bond donors (Lipinski definition) is 2. The molecule has 2 unspecified atom stereocenters. The predicted molar refractivity (Wildman–Crippen MR) is 78.1 cm³/mol. The van der Waals surface area contributed by atoms with Crippen LogP contribution in [0.4, 0.5) is 0 Å². The van der Waals surface area contributed by atoms with E-state index in [1.165, 1.54) is 0 Å². The predicted octanol–water partition coefficient (Wildman–Crippen LogP) is 1.85. The summed E-state index contributed by atoms with van der Waals surface area (Å²) in [6.07, 6.45) is 5.98. The van der Waals surface area contributed by atoms with Crippen molar-refractivity contribution < 1.29 is 19.2 Å². The summed E-state index contributed by atoms with van der Waals surface area (Å²) in [5.74, 6) is -0.497. The number of nitrogens with one attached hydrogen (secondary N) is 1. The fourth-order valence-electron chi connectivity index (χ4n) is 2.89. The largest absolute Gasteiger partial charge is 0.481 e. The van der Waals surface area contributed by atoms with E-state index in [9.17, 15) is 14.7 Å². The average Bonchev–Trinajstić information content (AvgIpc) is 2.85. The normalized spacial score (nSPS) is 22.6. The molecule has 122 valence electrons. The van der Waals surface area contributed by atoms with E-state index in [4.69, 9.17) is 4.52 Å². The van der Waals surface area contributed by atoms with E-state index in [0.717, 1.165) is 32.1 Å². The summed E-state index contributed by atoms with van der Waals surface area (Å²) >= 11 is 0. The van der Waals surface area contributed by atoms with Crippen molar-refractivity contribution in [2.45, 2.75) is 64.3 Å². The molecule has 0 bridgehead atoms. The molecule has 22 heavy (non-hydrogen) atoms. The van der Waals surface area contributed by atoms with Crippen LogP contribution < -0.4 is 5.32 Å².